The minimum atomic E-state index is 0.488. The molecule has 0 radical (unpaired) electrons. The maximum atomic E-state index is 5.84. The molecule has 112 valence electrons. The first-order valence-electron chi connectivity index (χ1n) is 7.60. The highest BCUT2D eigenvalue weighted by Gasteiger charge is 2.18. The minimum absolute atomic E-state index is 0.488. The number of rotatable bonds is 4. The van der Waals surface area contributed by atoms with Crippen molar-refractivity contribution >= 4 is 22.9 Å². The summed E-state index contributed by atoms with van der Waals surface area (Å²) in [6.07, 6.45) is 4.03. The van der Waals surface area contributed by atoms with Gasteiger partial charge in [0.15, 0.2) is 0 Å². The molecule has 2 heterocycles. The van der Waals surface area contributed by atoms with Crippen LogP contribution in [-0.4, -0.2) is 22.5 Å². The van der Waals surface area contributed by atoms with Gasteiger partial charge >= 0.3 is 0 Å². The highest BCUT2D eigenvalue weighted by molar-refractivity contribution is 7.13. The molecule has 1 aromatic carbocycles. The molecule has 0 aliphatic carbocycles. The second kappa shape index (κ2) is 6.91. The van der Waals surface area contributed by atoms with Crippen molar-refractivity contribution in [3.63, 3.8) is 0 Å². The summed E-state index contributed by atoms with van der Waals surface area (Å²) >= 11 is 7.51. The normalized spacial score (nSPS) is 19.8. The molecular weight excluding hydrogens is 300 g/mol. The Hall–Kier alpha value is -0.900. The topological polar surface area (TPSA) is 16.1 Å². The van der Waals surface area contributed by atoms with Crippen LogP contribution in [0.2, 0.25) is 0 Å². The van der Waals surface area contributed by atoms with E-state index in [-0.39, 0.29) is 0 Å². The Morgan fingerprint density at radius 3 is 3.05 bits per heavy atom. The molecule has 0 N–H and O–H groups in total. The average molecular weight is 321 g/mol. The summed E-state index contributed by atoms with van der Waals surface area (Å²) in [7, 11) is 0. The largest absolute Gasteiger partial charge is 0.296 e. The van der Waals surface area contributed by atoms with Crippen molar-refractivity contribution in [3.05, 3.63) is 40.9 Å². The molecule has 0 saturated carbocycles. The Bertz CT molecular complexity index is 596. The summed E-state index contributed by atoms with van der Waals surface area (Å²) in [5, 5.41) is 3.11. The molecule has 3 rings (SSSR count). The van der Waals surface area contributed by atoms with E-state index in [2.05, 4.69) is 41.1 Å². The zero-order valence-corrected chi connectivity index (χ0v) is 14.0. The van der Waals surface area contributed by atoms with Gasteiger partial charge < -0.3 is 0 Å². The maximum Gasteiger partial charge on any atom is 0.123 e. The lowest BCUT2D eigenvalue weighted by Crippen LogP contribution is -2.36. The SMILES string of the molecule is CC1CCCCN1Cc1cccc(-c2nc(CCl)cs2)c1. The number of thiazole rings is 1. The van der Waals surface area contributed by atoms with Crippen molar-refractivity contribution in [2.75, 3.05) is 6.54 Å². The third-order valence-electron chi connectivity index (χ3n) is 4.19. The lowest BCUT2D eigenvalue weighted by molar-refractivity contribution is 0.152. The van der Waals surface area contributed by atoms with Crippen molar-refractivity contribution in [1.82, 2.24) is 9.88 Å². The molecule has 1 aliphatic rings. The van der Waals surface area contributed by atoms with Crippen LogP contribution in [0, 0.1) is 0 Å². The van der Waals surface area contributed by atoms with Gasteiger partial charge in [0.2, 0.25) is 0 Å². The molecule has 2 aromatic rings. The van der Waals surface area contributed by atoms with E-state index >= 15 is 0 Å². The molecule has 1 fully saturated rings. The van der Waals surface area contributed by atoms with Crippen LogP contribution in [0.1, 0.15) is 37.4 Å². The molecule has 2 nitrogen and oxygen atoms in total. The Balaban J connectivity index is 1.76. The van der Waals surface area contributed by atoms with E-state index in [1.54, 1.807) is 11.3 Å². The molecular formula is C17H21ClN2S. The van der Waals surface area contributed by atoms with Crippen LogP contribution in [0.25, 0.3) is 10.6 Å². The van der Waals surface area contributed by atoms with E-state index in [4.69, 9.17) is 11.6 Å². The number of likely N-dealkylation sites (tertiary alicyclic amines) is 1. The summed E-state index contributed by atoms with van der Waals surface area (Å²) in [5.74, 6) is 0.488. The number of alkyl halides is 1. The molecule has 0 bridgehead atoms. The second-order valence-electron chi connectivity index (χ2n) is 5.79. The van der Waals surface area contributed by atoms with Crippen LogP contribution >= 0.6 is 22.9 Å². The maximum absolute atomic E-state index is 5.84. The van der Waals surface area contributed by atoms with Gasteiger partial charge in [-0.1, -0.05) is 24.6 Å². The first kappa shape index (κ1) is 15.0. The minimum Gasteiger partial charge on any atom is -0.296 e. The molecule has 1 aliphatic heterocycles. The van der Waals surface area contributed by atoms with E-state index in [0.29, 0.717) is 11.9 Å². The van der Waals surface area contributed by atoms with Gasteiger partial charge in [-0.25, -0.2) is 4.98 Å². The van der Waals surface area contributed by atoms with Crippen molar-refractivity contribution < 1.29 is 0 Å². The Morgan fingerprint density at radius 1 is 1.38 bits per heavy atom. The van der Waals surface area contributed by atoms with Gasteiger partial charge in [-0.3, -0.25) is 4.90 Å². The molecule has 1 unspecified atom stereocenters. The van der Waals surface area contributed by atoms with E-state index < -0.39 is 0 Å². The van der Waals surface area contributed by atoms with Gasteiger partial charge in [0.1, 0.15) is 5.01 Å². The standard InChI is InChI=1S/C17H21ClN2S/c1-13-5-2-3-8-20(13)11-14-6-4-7-15(9-14)17-19-16(10-18)12-21-17/h4,6-7,9,12-13H,2-3,5,8,10-11H2,1H3. The number of hydrogen-bond donors (Lipinski definition) is 0. The fourth-order valence-electron chi connectivity index (χ4n) is 2.93. The number of aromatic nitrogens is 1. The number of benzene rings is 1. The molecule has 4 heteroatoms. The molecule has 21 heavy (non-hydrogen) atoms. The zero-order chi connectivity index (χ0) is 14.7. The Kier molecular flexibility index (Phi) is 4.94. The van der Waals surface area contributed by atoms with Gasteiger partial charge in [-0.2, -0.15) is 0 Å². The fraction of sp³-hybridized carbons (Fsp3) is 0.471. The van der Waals surface area contributed by atoms with Crippen LogP contribution in [0.4, 0.5) is 0 Å². The fourth-order valence-corrected chi connectivity index (χ4v) is 3.98. The predicted octanol–water partition coefficient (Wildman–Crippen LogP) is 4.92. The monoisotopic (exact) mass is 320 g/mol. The highest BCUT2D eigenvalue weighted by atomic mass is 35.5. The van der Waals surface area contributed by atoms with Gasteiger partial charge in [0.25, 0.3) is 0 Å². The van der Waals surface area contributed by atoms with Crippen molar-refractivity contribution in [1.29, 1.82) is 0 Å². The third kappa shape index (κ3) is 3.65. The molecule has 1 atom stereocenters. The lowest BCUT2D eigenvalue weighted by Gasteiger charge is -2.33. The van der Waals surface area contributed by atoms with Crippen LogP contribution in [0.3, 0.4) is 0 Å². The molecule has 0 spiro atoms. The van der Waals surface area contributed by atoms with E-state index in [1.165, 1.54) is 36.9 Å². The predicted molar refractivity (Wildman–Crippen MR) is 90.8 cm³/mol. The van der Waals surface area contributed by atoms with Gasteiger partial charge in [-0.15, -0.1) is 22.9 Å². The summed E-state index contributed by atoms with van der Waals surface area (Å²) in [5.41, 5.74) is 3.55. The first-order valence-corrected chi connectivity index (χ1v) is 9.01. The van der Waals surface area contributed by atoms with Crippen LogP contribution in [-0.2, 0) is 12.4 Å². The van der Waals surface area contributed by atoms with Crippen LogP contribution in [0.5, 0.6) is 0 Å². The van der Waals surface area contributed by atoms with Crippen LogP contribution in [0.15, 0.2) is 29.6 Å². The van der Waals surface area contributed by atoms with Crippen molar-refractivity contribution in [2.24, 2.45) is 0 Å². The number of nitrogens with zero attached hydrogens (tertiary/aromatic N) is 2. The van der Waals surface area contributed by atoms with E-state index in [0.717, 1.165) is 17.2 Å². The summed E-state index contributed by atoms with van der Waals surface area (Å²) < 4.78 is 0. The number of hydrogen-bond acceptors (Lipinski definition) is 3. The Morgan fingerprint density at radius 2 is 2.29 bits per heavy atom. The quantitative estimate of drug-likeness (QED) is 0.743. The number of halogens is 1. The van der Waals surface area contributed by atoms with Crippen molar-refractivity contribution in [2.45, 2.75) is 44.7 Å². The Labute approximate surface area is 135 Å². The third-order valence-corrected chi connectivity index (χ3v) is 5.40. The number of piperidine rings is 1. The molecule has 1 saturated heterocycles. The summed E-state index contributed by atoms with van der Waals surface area (Å²) in [6, 6.07) is 9.48. The lowest BCUT2D eigenvalue weighted by atomic mass is 10.0. The highest BCUT2D eigenvalue weighted by Crippen LogP contribution is 2.26. The van der Waals surface area contributed by atoms with Crippen molar-refractivity contribution in [3.8, 4) is 10.6 Å². The smallest absolute Gasteiger partial charge is 0.123 e. The zero-order valence-electron chi connectivity index (χ0n) is 12.4. The summed E-state index contributed by atoms with van der Waals surface area (Å²) in [4.78, 5) is 7.17. The van der Waals surface area contributed by atoms with E-state index in [1.807, 2.05) is 5.38 Å². The average Bonchev–Trinajstić information content (AvgIpc) is 2.99. The van der Waals surface area contributed by atoms with Gasteiger partial charge in [0, 0.05) is 23.5 Å². The van der Waals surface area contributed by atoms with E-state index in [9.17, 15) is 0 Å². The summed E-state index contributed by atoms with van der Waals surface area (Å²) in [6.45, 7) is 4.61. The molecule has 1 aromatic heterocycles. The molecule has 0 amide bonds. The van der Waals surface area contributed by atoms with Crippen LogP contribution < -0.4 is 0 Å². The first-order chi connectivity index (χ1) is 10.3. The second-order valence-corrected chi connectivity index (χ2v) is 6.92. The van der Waals surface area contributed by atoms with Gasteiger partial charge in [-0.05, 0) is 37.9 Å². The van der Waals surface area contributed by atoms with Gasteiger partial charge in [0.05, 0.1) is 11.6 Å².